The Hall–Kier alpha value is -2.09. The van der Waals surface area contributed by atoms with Gasteiger partial charge in [-0.1, -0.05) is 0 Å². The van der Waals surface area contributed by atoms with Crippen LogP contribution in [0.4, 0.5) is 5.69 Å². The van der Waals surface area contributed by atoms with Gasteiger partial charge in [-0.25, -0.2) is 4.98 Å². The Morgan fingerprint density at radius 3 is 2.83 bits per heavy atom. The third-order valence-corrected chi connectivity index (χ3v) is 3.14. The molecule has 1 aromatic rings. The Balaban J connectivity index is 2.01. The zero-order chi connectivity index (χ0) is 13.0. The maximum Gasteiger partial charge on any atom is 0.244 e. The van der Waals surface area contributed by atoms with Crippen molar-refractivity contribution < 1.29 is 9.53 Å². The number of amides is 1. The minimum atomic E-state index is -0.835. The Morgan fingerprint density at radius 1 is 1.61 bits per heavy atom. The molecule has 0 aliphatic heterocycles. The molecule has 2 rings (SSSR count). The second-order valence-corrected chi connectivity index (χ2v) is 4.32. The number of rotatable bonds is 4. The molecule has 5 nitrogen and oxygen atoms in total. The second-order valence-electron chi connectivity index (χ2n) is 4.32. The number of carbonyl (C=O) groups is 1. The highest BCUT2D eigenvalue weighted by molar-refractivity contribution is 5.97. The molecule has 0 bridgehead atoms. The van der Waals surface area contributed by atoms with Crippen molar-refractivity contribution in [2.45, 2.75) is 26.2 Å². The van der Waals surface area contributed by atoms with E-state index in [2.05, 4.69) is 16.4 Å². The minimum Gasteiger partial charge on any atom is -0.478 e. The van der Waals surface area contributed by atoms with Gasteiger partial charge in [0.1, 0.15) is 5.41 Å². The van der Waals surface area contributed by atoms with Gasteiger partial charge in [0.25, 0.3) is 0 Å². The predicted molar refractivity (Wildman–Crippen MR) is 65.9 cm³/mol. The molecule has 0 spiro atoms. The molecule has 1 fully saturated rings. The van der Waals surface area contributed by atoms with Crippen molar-refractivity contribution in [2.75, 3.05) is 11.9 Å². The third-order valence-electron chi connectivity index (χ3n) is 3.14. The number of carbonyl (C=O) groups excluding carboxylic acids is 1. The fourth-order valence-corrected chi connectivity index (χ4v) is 1.86. The highest BCUT2D eigenvalue weighted by Crippen LogP contribution is 2.41. The lowest BCUT2D eigenvalue weighted by molar-refractivity contribution is -0.126. The molecule has 1 heterocycles. The third kappa shape index (κ3) is 2.28. The van der Waals surface area contributed by atoms with E-state index in [4.69, 9.17) is 10.00 Å². The lowest BCUT2D eigenvalue weighted by Gasteiger charge is -2.33. The Kier molecular flexibility index (Phi) is 3.47. The molecule has 0 aromatic carbocycles. The molecule has 0 atom stereocenters. The number of ether oxygens (including phenoxy) is 1. The topological polar surface area (TPSA) is 75.0 Å². The van der Waals surface area contributed by atoms with Crippen LogP contribution >= 0.6 is 0 Å². The number of anilines is 1. The lowest BCUT2D eigenvalue weighted by Crippen LogP contribution is -2.40. The Bertz CT molecular complexity index is 472. The SMILES string of the molecule is CCOc1ccc(NC(=O)C2(C#N)CCC2)cn1. The van der Waals surface area contributed by atoms with Crippen LogP contribution in [-0.2, 0) is 4.79 Å². The maximum atomic E-state index is 12.0. The first-order valence-corrected chi connectivity index (χ1v) is 6.02. The van der Waals surface area contributed by atoms with E-state index in [1.54, 1.807) is 12.1 Å². The first-order valence-electron chi connectivity index (χ1n) is 6.02. The highest BCUT2D eigenvalue weighted by atomic mass is 16.5. The van der Waals surface area contributed by atoms with E-state index in [1.165, 1.54) is 6.20 Å². The first-order chi connectivity index (χ1) is 8.70. The average Bonchev–Trinajstić information content (AvgIpc) is 2.31. The van der Waals surface area contributed by atoms with Crippen molar-refractivity contribution in [3.63, 3.8) is 0 Å². The van der Waals surface area contributed by atoms with E-state index in [9.17, 15) is 4.79 Å². The van der Waals surface area contributed by atoms with Crippen LogP contribution in [0.3, 0.4) is 0 Å². The van der Waals surface area contributed by atoms with Crippen molar-refractivity contribution in [1.29, 1.82) is 5.26 Å². The molecule has 5 heteroatoms. The van der Waals surface area contributed by atoms with Crippen molar-refractivity contribution >= 4 is 11.6 Å². The molecule has 18 heavy (non-hydrogen) atoms. The molecule has 1 aliphatic carbocycles. The smallest absolute Gasteiger partial charge is 0.244 e. The van der Waals surface area contributed by atoms with Gasteiger partial charge in [0.15, 0.2) is 0 Å². The van der Waals surface area contributed by atoms with Crippen LogP contribution in [0, 0.1) is 16.7 Å². The zero-order valence-corrected chi connectivity index (χ0v) is 10.3. The normalized spacial score (nSPS) is 16.2. The average molecular weight is 245 g/mol. The molecule has 1 saturated carbocycles. The van der Waals surface area contributed by atoms with Crippen LogP contribution < -0.4 is 10.1 Å². The van der Waals surface area contributed by atoms with Gasteiger partial charge in [0.2, 0.25) is 11.8 Å². The number of nitrogens with zero attached hydrogens (tertiary/aromatic N) is 2. The van der Waals surface area contributed by atoms with Crippen LogP contribution in [0.2, 0.25) is 0 Å². The summed E-state index contributed by atoms with van der Waals surface area (Å²) in [5, 5.41) is 11.8. The molecule has 1 N–H and O–H groups in total. The van der Waals surface area contributed by atoms with Crippen LogP contribution in [0.25, 0.3) is 0 Å². The number of aromatic nitrogens is 1. The molecule has 1 aromatic heterocycles. The number of hydrogen-bond acceptors (Lipinski definition) is 4. The Labute approximate surface area is 106 Å². The van der Waals surface area contributed by atoms with Gasteiger partial charge in [-0.15, -0.1) is 0 Å². The van der Waals surface area contributed by atoms with Gasteiger partial charge in [-0.2, -0.15) is 5.26 Å². The van der Waals surface area contributed by atoms with Crippen molar-refractivity contribution in [1.82, 2.24) is 4.98 Å². The summed E-state index contributed by atoms with van der Waals surface area (Å²) >= 11 is 0. The minimum absolute atomic E-state index is 0.234. The summed E-state index contributed by atoms with van der Waals surface area (Å²) in [6, 6.07) is 5.52. The summed E-state index contributed by atoms with van der Waals surface area (Å²) in [7, 11) is 0. The van der Waals surface area contributed by atoms with E-state index in [0.717, 1.165) is 6.42 Å². The van der Waals surface area contributed by atoms with Gasteiger partial charge in [0, 0.05) is 6.07 Å². The molecule has 0 unspecified atom stereocenters. The molecular weight excluding hydrogens is 230 g/mol. The number of hydrogen-bond donors (Lipinski definition) is 1. The summed E-state index contributed by atoms with van der Waals surface area (Å²) in [5.74, 6) is 0.288. The fraction of sp³-hybridized carbons (Fsp3) is 0.462. The highest BCUT2D eigenvalue weighted by Gasteiger charge is 2.44. The van der Waals surface area contributed by atoms with E-state index in [-0.39, 0.29) is 5.91 Å². The van der Waals surface area contributed by atoms with Crippen molar-refractivity contribution in [2.24, 2.45) is 5.41 Å². The Morgan fingerprint density at radius 2 is 2.39 bits per heavy atom. The summed E-state index contributed by atoms with van der Waals surface area (Å²) in [4.78, 5) is 16.0. The van der Waals surface area contributed by atoms with Crippen LogP contribution in [-0.4, -0.2) is 17.5 Å². The second kappa shape index (κ2) is 5.05. The first kappa shape index (κ1) is 12.4. The summed E-state index contributed by atoms with van der Waals surface area (Å²) in [6.07, 6.45) is 3.74. The van der Waals surface area contributed by atoms with Crippen LogP contribution in [0.15, 0.2) is 18.3 Å². The lowest BCUT2D eigenvalue weighted by atomic mass is 9.69. The molecule has 1 amide bonds. The van der Waals surface area contributed by atoms with Crippen molar-refractivity contribution in [3.05, 3.63) is 18.3 Å². The molecule has 0 radical (unpaired) electrons. The van der Waals surface area contributed by atoms with E-state index < -0.39 is 5.41 Å². The molecule has 94 valence electrons. The largest absolute Gasteiger partial charge is 0.478 e. The predicted octanol–water partition coefficient (Wildman–Crippen LogP) is 2.11. The van der Waals surface area contributed by atoms with E-state index in [1.807, 2.05) is 6.92 Å². The monoisotopic (exact) mass is 245 g/mol. The van der Waals surface area contributed by atoms with Gasteiger partial charge in [0.05, 0.1) is 24.6 Å². The summed E-state index contributed by atoms with van der Waals surface area (Å²) in [5.41, 5.74) is -0.247. The molecule has 0 saturated heterocycles. The van der Waals surface area contributed by atoms with Gasteiger partial charge < -0.3 is 10.1 Å². The van der Waals surface area contributed by atoms with Gasteiger partial charge in [-0.3, -0.25) is 4.79 Å². The summed E-state index contributed by atoms with van der Waals surface area (Å²) in [6.45, 7) is 2.43. The van der Waals surface area contributed by atoms with Crippen LogP contribution in [0.5, 0.6) is 5.88 Å². The van der Waals surface area contributed by atoms with E-state index >= 15 is 0 Å². The number of nitrogens with one attached hydrogen (secondary N) is 1. The van der Waals surface area contributed by atoms with Gasteiger partial charge in [-0.05, 0) is 32.3 Å². The quantitative estimate of drug-likeness (QED) is 0.881. The van der Waals surface area contributed by atoms with Crippen molar-refractivity contribution in [3.8, 4) is 11.9 Å². The number of nitriles is 1. The summed E-state index contributed by atoms with van der Waals surface area (Å²) < 4.78 is 5.21. The van der Waals surface area contributed by atoms with Crippen LogP contribution in [0.1, 0.15) is 26.2 Å². The molecule has 1 aliphatic rings. The zero-order valence-electron chi connectivity index (χ0n) is 10.3. The van der Waals surface area contributed by atoms with E-state index in [0.29, 0.717) is 31.0 Å². The standard InChI is InChI=1S/C13H15N3O2/c1-2-18-11-5-4-10(8-15-11)16-12(17)13(9-14)6-3-7-13/h4-5,8H,2-3,6-7H2,1H3,(H,16,17). The fourth-order valence-electron chi connectivity index (χ4n) is 1.86. The van der Waals surface area contributed by atoms with Gasteiger partial charge >= 0.3 is 0 Å². The molecular formula is C13H15N3O2. The number of pyridine rings is 1. The maximum absolute atomic E-state index is 12.0.